The van der Waals surface area contributed by atoms with Crippen molar-refractivity contribution >= 4 is 45.6 Å². The fraction of sp³-hybridized carbons (Fsp3) is 0.167. The lowest BCUT2D eigenvalue weighted by Gasteiger charge is -2.24. The quantitative estimate of drug-likeness (QED) is 0.106. The molecule has 1 amide bonds. The minimum Gasteiger partial charge on any atom is -0.462 e. The number of hydrazone groups is 1. The normalized spacial score (nSPS) is 11.4. The minimum absolute atomic E-state index is 0.0746. The summed E-state index contributed by atoms with van der Waals surface area (Å²) in [5.74, 6) is -0.124. The Morgan fingerprint density at radius 1 is 0.976 bits per heavy atom. The van der Waals surface area contributed by atoms with Crippen molar-refractivity contribution in [2.45, 2.75) is 23.6 Å². The number of carbonyl (C=O) groups excluding carboxylic acids is 2. The monoisotopic (exact) mass is 591 g/mol. The Morgan fingerprint density at radius 3 is 2.29 bits per heavy atom. The van der Waals surface area contributed by atoms with Gasteiger partial charge < -0.3 is 9.15 Å². The van der Waals surface area contributed by atoms with Crippen molar-refractivity contribution in [1.82, 2.24) is 5.43 Å². The van der Waals surface area contributed by atoms with E-state index in [0.717, 1.165) is 20.3 Å². The molecule has 0 aliphatic carbocycles. The number of rotatable bonds is 11. The molecule has 4 aromatic rings. The van der Waals surface area contributed by atoms with Crippen molar-refractivity contribution < 1.29 is 27.2 Å². The van der Waals surface area contributed by atoms with E-state index in [4.69, 9.17) is 9.15 Å². The Kier molecular flexibility index (Phi) is 9.64. The van der Waals surface area contributed by atoms with Crippen LogP contribution in [0.4, 0.5) is 5.69 Å². The van der Waals surface area contributed by atoms with Crippen LogP contribution in [0.25, 0.3) is 11.3 Å². The van der Waals surface area contributed by atoms with E-state index in [1.165, 1.54) is 30.1 Å². The summed E-state index contributed by atoms with van der Waals surface area (Å²) in [4.78, 5) is 25.7. The van der Waals surface area contributed by atoms with Gasteiger partial charge in [-0.3, -0.25) is 9.10 Å². The highest BCUT2D eigenvalue weighted by Gasteiger charge is 2.27. The van der Waals surface area contributed by atoms with Gasteiger partial charge in [0, 0.05) is 10.5 Å². The Hall–Kier alpha value is -4.35. The summed E-state index contributed by atoms with van der Waals surface area (Å²) in [5, 5.41) is 3.94. The van der Waals surface area contributed by atoms with Crippen LogP contribution in [-0.4, -0.2) is 45.9 Å². The fourth-order valence-corrected chi connectivity index (χ4v) is 5.63. The number of hydrogen-bond donors (Lipinski definition) is 1. The van der Waals surface area contributed by atoms with Crippen LogP contribution >= 0.6 is 11.8 Å². The molecule has 0 saturated heterocycles. The van der Waals surface area contributed by atoms with Crippen LogP contribution in [0.3, 0.4) is 0 Å². The fourth-order valence-electron chi connectivity index (χ4n) is 3.80. The van der Waals surface area contributed by atoms with Crippen LogP contribution in [0.2, 0.25) is 0 Å². The first-order valence-electron chi connectivity index (χ1n) is 12.6. The highest BCUT2D eigenvalue weighted by Crippen LogP contribution is 2.26. The van der Waals surface area contributed by atoms with Crippen LogP contribution in [-0.2, 0) is 19.6 Å². The molecule has 0 unspecified atom stereocenters. The average molecular weight is 592 g/mol. The largest absolute Gasteiger partial charge is 0.462 e. The van der Waals surface area contributed by atoms with Gasteiger partial charge in [-0.1, -0.05) is 29.8 Å². The van der Waals surface area contributed by atoms with Gasteiger partial charge >= 0.3 is 5.97 Å². The summed E-state index contributed by atoms with van der Waals surface area (Å²) in [6.07, 6.45) is 3.22. The highest BCUT2D eigenvalue weighted by atomic mass is 32.2. The van der Waals surface area contributed by atoms with Gasteiger partial charge in [-0.05, 0) is 80.8 Å². The maximum atomic E-state index is 13.5. The van der Waals surface area contributed by atoms with Crippen molar-refractivity contribution in [2.24, 2.45) is 5.10 Å². The second-order valence-corrected chi connectivity index (χ2v) is 11.6. The third-order valence-corrected chi connectivity index (χ3v) is 8.48. The lowest BCUT2D eigenvalue weighted by atomic mass is 10.1. The first-order chi connectivity index (χ1) is 19.7. The molecule has 11 heteroatoms. The van der Waals surface area contributed by atoms with E-state index < -0.39 is 28.4 Å². The predicted octanol–water partition coefficient (Wildman–Crippen LogP) is 5.50. The standard InChI is InChI=1S/C30H29N3O6S2/c1-4-38-30(35)23-9-7-22(8-10-23)28-18-13-25(39-28)19-31-32-29(34)20-33(24-11-5-21(2)6-12-24)41(36,37)27-16-14-26(40-3)15-17-27/h5-19H,4,20H2,1-3H3,(H,32,34)/b31-19-. The first kappa shape index (κ1) is 29.6. The van der Waals surface area contributed by atoms with E-state index >= 15 is 0 Å². The Balaban J connectivity index is 1.45. The van der Waals surface area contributed by atoms with E-state index in [-0.39, 0.29) is 4.90 Å². The molecule has 4 rings (SSSR count). The summed E-state index contributed by atoms with van der Waals surface area (Å²) in [6, 6.07) is 23.6. The van der Waals surface area contributed by atoms with Gasteiger partial charge in [-0.15, -0.1) is 11.8 Å². The second-order valence-electron chi connectivity index (χ2n) is 8.82. The lowest BCUT2D eigenvalue weighted by molar-refractivity contribution is -0.119. The molecule has 0 saturated carbocycles. The number of benzene rings is 3. The van der Waals surface area contributed by atoms with Gasteiger partial charge in [0.05, 0.1) is 29.0 Å². The molecule has 1 aromatic heterocycles. The third kappa shape index (κ3) is 7.44. The Morgan fingerprint density at radius 2 is 1.66 bits per heavy atom. The number of sulfonamides is 1. The van der Waals surface area contributed by atoms with Gasteiger partial charge in [0.25, 0.3) is 15.9 Å². The van der Waals surface area contributed by atoms with Gasteiger partial charge in [0.2, 0.25) is 0 Å². The van der Waals surface area contributed by atoms with Crippen LogP contribution in [0, 0.1) is 6.92 Å². The predicted molar refractivity (Wildman–Crippen MR) is 160 cm³/mol. The van der Waals surface area contributed by atoms with Crippen molar-refractivity contribution in [2.75, 3.05) is 23.7 Å². The van der Waals surface area contributed by atoms with Gasteiger partial charge in [0.1, 0.15) is 18.1 Å². The number of aryl methyl sites for hydroxylation is 1. The summed E-state index contributed by atoms with van der Waals surface area (Å²) >= 11 is 1.50. The van der Waals surface area contributed by atoms with E-state index in [1.807, 2.05) is 13.2 Å². The molecule has 0 atom stereocenters. The second kappa shape index (κ2) is 13.3. The van der Waals surface area contributed by atoms with Crippen LogP contribution < -0.4 is 9.73 Å². The van der Waals surface area contributed by atoms with Crippen LogP contribution in [0.1, 0.15) is 28.6 Å². The van der Waals surface area contributed by atoms with Crippen LogP contribution in [0.5, 0.6) is 0 Å². The van der Waals surface area contributed by atoms with E-state index in [1.54, 1.807) is 79.7 Å². The zero-order chi connectivity index (χ0) is 29.4. The number of anilines is 1. The molecule has 0 radical (unpaired) electrons. The maximum Gasteiger partial charge on any atom is 0.338 e. The number of nitrogens with one attached hydrogen (secondary N) is 1. The summed E-state index contributed by atoms with van der Waals surface area (Å²) in [6.45, 7) is 3.45. The highest BCUT2D eigenvalue weighted by molar-refractivity contribution is 7.98. The molecule has 0 spiro atoms. The molecular formula is C30H29N3O6S2. The number of carbonyl (C=O) groups is 2. The zero-order valence-electron chi connectivity index (χ0n) is 22.7. The van der Waals surface area contributed by atoms with E-state index in [9.17, 15) is 18.0 Å². The topological polar surface area (TPSA) is 118 Å². The molecule has 0 bridgehead atoms. The number of thioether (sulfide) groups is 1. The number of amides is 1. The molecule has 1 N–H and O–H groups in total. The summed E-state index contributed by atoms with van der Waals surface area (Å²) < 4.78 is 38.9. The SMILES string of the molecule is CCOC(=O)c1ccc(-c2ccc(/C=N\NC(=O)CN(c3ccc(C)cc3)S(=O)(=O)c3ccc(SC)cc3)o2)cc1. The molecule has 1 heterocycles. The minimum atomic E-state index is -4.04. The molecular weight excluding hydrogens is 562 g/mol. The molecule has 41 heavy (non-hydrogen) atoms. The van der Waals surface area contributed by atoms with Gasteiger partial charge in [-0.25, -0.2) is 18.6 Å². The molecule has 0 fully saturated rings. The van der Waals surface area contributed by atoms with Crippen molar-refractivity contribution in [3.63, 3.8) is 0 Å². The van der Waals surface area contributed by atoms with Crippen LogP contribution in [0.15, 0.2) is 104 Å². The Labute approximate surface area is 243 Å². The Bertz CT molecular complexity index is 1630. The smallest absolute Gasteiger partial charge is 0.338 e. The van der Waals surface area contributed by atoms with E-state index in [2.05, 4.69) is 10.5 Å². The number of nitrogens with zero attached hydrogens (tertiary/aromatic N) is 2. The average Bonchev–Trinajstić information content (AvgIpc) is 3.45. The molecule has 212 valence electrons. The first-order valence-corrected chi connectivity index (χ1v) is 15.3. The molecule has 3 aromatic carbocycles. The van der Waals surface area contributed by atoms with Crippen molar-refractivity contribution in [3.05, 3.63) is 102 Å². The number of ether oxygens (including phenoxy) is 1. The van der Waals surface area contributed by atoms with Gasteiger partial charge in [0.15, 0.2) is 0 Å². The third-order valence-electron chi connectivity index (χ3n) is 5.94. The van der Waals surface area contributed by atoms with E-state index in [0.29, 0.717) is 29.4 Å². The number of hydrogen-bond acceptors (Lipinski definition) is 8. The molecule has 0 aliphatic heterocycles. The number of furan rings is 1. The van der Waals surface area contributed by atoms with Crippen molar-refractivity contribution in [3.8, 4) is 11.3 Å². The molecule has 9 nitrogen and oxygen atoms in total. The van der Waals surface area contributed by atoms with Gasteiger partial charge in [-0.2, -0.15) is 5.10 Å². The summed E-state index contributed by atoms with van der Waals surface area (Å²) in [7, 11) is -4.04. The zero-order valence-corrected chi connectivity index (χ0v) is 24.4. The molecule has 0 aliphatic rings. The summed E-state index contributed by atoms with van der Waals surface area (Å²) in [5.41, 5.74) is 4.86. The maximum absolute atomic E-state index is 13.5. The number of esters is 1. The van der Waals surface area contributed by atoms with Crippen molar-refractivity contribution in [1.29, 1.82) is 0 Å². The lowest BCUT2D eigenvalue weighted by Crippen LogP contribution is -2.39.